The van der Waals surface area contributed by atoms with Crippen molar-refractivity contribution in [3.05, 3.63) is 75.8 Å². The summed E-state index contributed by atoms with van der Waals surface area (Å²) < 4.78 is 7.21. The lowest BCUT2D eigenvalue weighted by molar-refractivity contribution is -0.139. The lowest BCUT2D eigenvalue weighted by Gasteiger charge is -2.21. The number of nitrogens with zero attached hydrogens (tertiary/aromatic N) is 3. The first kappa shape index (κ1) is 22.7. The summed E-state index contributed by atoms with van der Waals surface area (Å²) in [5, 5.41) is 0.489. The van der Waals surface area contributed by atoms with Crippen molar-refractivity contribution >= 4 is 22.8 Å². The number of hydrogen-bond acceptors (Lipinski definition) is 5. The molecule has 0 radical (unpaired) electrons. The van der Waals surface area contributed by atoms with Gasteiger partial charge in [-0.15, -0.1) is 0 Å². The van der Waals surface area contributed by atoms with E-state index in [1.165, 1.54) is 4.90 Å². The number of ether oxygens (including phenoxy) is 1. The number of likely N-dealkylation sites (N-methyl/N-ethyl adjacent to an activating group) is 1. The minimum atomic E-state index is -0.934. The molecule has 1 aliphatic heterocycles. The molecule has 172 valence electrons. The topological polar surface area (TPSA) is 81.5 Å². The number of esters is 1. The van der Waals surface area contributed by atoms with Gasteiger partial charge in [-0.05, 0) is 43.5 Å². The molecule has 3 aromatic rings. The van der Waals surface area contributed by atoms with Gasteiger partial charge in [-0.1, -0.05) is 43.2 Å². The molecule has 0 bridgehead atoms. The molecule has 1 unspecified atom stereocenters. The summed E-state index contributed by atoms with van der Waals surface area (Å²) in [7, 11) is 1.68. The maximum atomic E-state index is 13.0. The van der Waals surface area contributed by atoms with E-state index in [9.17, 15) is 14.4 Å². The van der Waals surface area contributed by atoms with Crippen LogP contribution in [0.5, 0.6) is 0 Å². The summed E-state index contributed by atoms with van der Waals surface area (Å²) in [6, 6.07) is 14.4. The van der Waals surface area contributed by atoms with Gasteiger partial charge in [0.25, 0.3) is 11.5 Å². The van der Waals surface area contributed by atoms with E-state index in [1.54, 1.807) is 36.7 Å². The number of aromatic nitrogens is 2. The van der Waals surface area contributed by atoms with Crippen LogP contribution in [0.3, 0.4) is 0 Å². The van der Waals surface area contributed by atoms with Crippen molar-refractivity contribution in [1.82, 2.24) is 14.5 Å². The largest absolute Gasteiger partial charge is 0.449 e. The fourth-order valence-electron chi connectivity index (χ4n) is 4.25. The molecule has 0 spiro atoms. The molecule has 33 heavy (non-hydrogen) atoms. The van der Waals surface area contributed by atoms with Crippen molar-refractivity contribution in [3.8, 4) is 0 Å². The minimum absolute atomic E-state index is 0.0668. The van der Waals surface area contributed by atoms with E-state index in [0.29, 0.717) is 24.0 Å². The third kappa shape index (κ3) is 5.13. The standard InChI is InChI=1S/C26H29N3O4/c1-18(24(30)28(2)17-19-10-6-5-7-11-19)33-26(32)20-13-14-21-22(16-20)27-23-12-8-3-4-9-15-29(23)25(21)31/h5-7,10-11,13-14,16,18H,3-4,8-9,12,15,17H2,1-2H3. The Balaban J connectivity index is 1.50. The number of rotatable bonds is 5. The summed E-state index contributed by atoms with van der Waals surface area (Å²) in [6.45, 7) is 2.67. The minimum Gasteiger partial charge on any atom is -0.449 e. The highest BCUT2D eigenvalue weighted by Gasteiger charge is 2.23. The van der Waals surface area contributed by atoms with Crippen LogP contribution in [-0.2, 0) is 29.0 Å². The molecule has 0 aliphatic carbocycles. The Morgan fingerprint density at radius 1 is 1.09 bits per heavy atom. The summed E-state index contributed by atoms with van der Waals surface area (Å²) >= 11 is 0. The number of hydrogen-bond donors (Lipinski definition) is 0. The molecular weight excluding hydrogens is 418 g/mol. The van der Waals surface area contributed by atoms with E-state index in [-0.39, 0.29) is 17.0 Å². The van der Waals surface area contributed by atoms with Gasteiger partial charge in [0, 0.05) is 26.6 Å². The van der Waals surface area contributed by atoms with Gasteiger partial charge in [0.1, 0.15) is 5.82 Å². The summed E-state index contributed by atoms with van der Waals surface area (Å²) in [5.74, 6) is -0.131. The Labute approximate surface area is 193 Å². The summed E-state index contributed by atoms with van der Waals surface area (Å²) in [5.41, 5.74) is 1.69. The normalized spacial score (nSPS) is 14.6. The highest BCUT2D eigenvalue weighted by Crippen LogP contribution is 2.17. The summed E-state index contributed by atoms with van der Waals surface area (Å²) in [4.78, 5) is 44.6. The smallest absolute Gasteiger partial charge is 0.338 e. The number of carbonyl (C=O) groups is 2. The molecule has 1 aliphatic rings. The maximum absolute atomic E-state index is 13.0. The monoisotopic (exact) mass is 447 g/mol. The molecule has 0 fully saturated rings. The third-order valence-electron chi connectivity index (χ3n) is 6.07. The zero-order valence-electron chi connectivity index (χ0n) is 19.1. The molecule has 4 rings (SSSR count). The molecule has 7 heteroatoms. The van der Waals surface area contributed by atoms with Gasteiger partial charge in [-0.3, -0.25) is 14.2 Å². The Bertz CT molecular complexity index is 1220. The van der Waals surface area contributed by atoms with Gasteiger partial charge in [0.2, 0.25) is 0 Å². The van der Waals surface area contributed by atoms with Crippen LogP contribution in [0.4, 0.5) is 0 Å². The Morgan fingerprint density at radius 2 is 1.85 bits per heavy atom. The fraction of sp³-hybridized carbons (Fsp3) is 0.385. The molecule has 0 N–H and O–H groups in total. The van der Waals surface area contributed by atoms with E-state index < -0.39 is 12.1 Å². The van der Waals surface area contributed by atoms with Crippen LogP contribution in [0.1, 0.15) is 54.4 Å². The number of aryl methyl sites for hydroxylation is 1. The fourth-order valence-corrected chi connectivity index (χ4v) is 4.25. The maximum Gasteiger partial charge on any atom is 0.338 e. The zero-order valence-corrected chi connectivity index (χ0v) is 19.1. The van der Waals surface area contributed by atoms with Gasteiger partial charge in [0.05, 0.1) is 16.5 Å². The lowest BCUT2D eigenvalue weighted by atomic mass is 10.1. The van der Waals surface area contributed by atoms with Crippen molar-refractivity contribution in [2.45, 2.75) is 58.2 Å². The van der Waals surface area contributed by atoms with Gasteiger partial charge >= 0.3 is 5.97 Å². The van der Waals surface area contributed by atoms with Crippen LogP contribution in [0.15, 0.2) is 53.3 Å². The molecule has 2 aromatic carbocycles. The number of carbonyl (C=O) groups excluding carboxylic acids is 2. The van der Waals surface area contributed by atoms with Gasteiger partial charge in [-0.2, -0.15) is 0 Å². The first-order chi connectivity index (χ1) is 15.9. The number of benzene rings is 2. The average Bonchev–Trinajstić information content (AvgIpc) is 2.80. The predicted octanol–water partition coefficient (Wildman–Crippen LogP) is 3.72. The Morgan fingerprint density at radius 3 is 2.64 bits per heavy atom. The van der Waals surface area contributed by atoms with Crippen molar-refractivity contribution in [2.75, 3.05) is 7.05 Å². The van der Waals surface area contributed by atoms with E-state index in [0.717, 1.165) is 43.5 Å². The SMILES string of the molecule is CC(OC(=O)c1ccc2c(=O)n3c(nc2c1)CCCCCC3)C(=O)N(C)Cc1ccccc1. The predicted molar refractivity (Wildman–Crippen MR) is 126 cm³/mol. The summed E-state index contributed by atoms with van der Waals surface area (Å²) in [6.07, 6.45) is 4.03. The van der Waals surface area contributed by atoms with E-state index in [1.807, 2.05) is 30.3 Å². The van der Waals surface area contributed by atoms with Crippen LogP contribution >= 0.6 is 0 Å². The second-order valence-electron chi connectivity index (χ2n) is 8.61. The second kappa shape index (κ2) is 9.98. The first-order valence-electron chi connectivity index (χ1n) is 11.5. The van der Waals surface area contributed by atoms with Crippen LogP contribution < -0.4 is 5.56 Å². The molecule has 7 nitrogen and oxygen atoms in total. The van der Waals surface area contributed by atoms with Crippen molar-refractivity contribution in [2.24, 2.45) is 0 Å². The zero-order chi connectivity index (χ0) is 23.4. The Kier molecular flexibility index (Phi) is 6.87. The third-order valence-corrected chi connectivity index (χ3v) is 6.07. The molecule has 0 saturated carbocycles. The van der Waals surface area contributed by atoms with Crippen molar-refractivity contribution in [1.29, 1.82) is 0 Å². The molecule has 2 heterocycles. The van der Waals surface area contributed by atoms with Crippen molar-refractivity contribution in [3.63, 3.8) is 0 Å². The van der Waals surface area contributed by atoms with Gasteiger partial charge in [-0.25, -0.2) is 9.78 Å². The molecule has 1 atom stereocenters. The van der Waals surface area contributed by atoms with E-state index in [4.69, 9.17) is 9.72 Å². The van der Waals surface area contributed by atoms with Crippen LogP contribution in [0.25, 0.3) is 10.9 Å². The highest BCUT2D eigenvalue weighted by atomic mass is 16.5. The number of fused-ring (bicyclic) bond motifs is 2. The van der Waals surface area contributed by atoms with Gasteiger partial charge in [0.15, 0.2) is 6.10 Å². The quantitative estimate of drug-likeness (QED) is 0.557. The van der Waals surface area contributed by atoms with Crippen LogP contribution in [0, 0.1) is 0 Å². The van der Waals surface area contributed by atoms with Crippen LogP contribution in [-0.4, -0.2) is 39.5 Å². The average molecular weight is 448 g/mol. The molecule has 0 saturated heterocycles. The first-order valence-corrected chi connectivity index (χ1v) is 11.5. The molecule has 1 aromatic heterocycles. The van der Waals surface area contributed by atoms with Crippen LogP contribution in [0.2, 0.25) is 0 Å². The van der Waals surface area contributed by atoms with Gasteiger partial charge < -0.3 is 9.64 Å². The van der Waals surface area contributed by atoms with E-state index in [2.05, 4.69) is 0 Å². The Hall–Kier alpha value is -3.48. The second-order valence-corrected chi connectivity index (χ2v) is 8.61. The molecule has 1 amide bonds. The number of amides is 1. The lowest BCUT2D eigenvalue weighted by Crippen LogP contribution is -2.37. The molecular formula is C26H29N3O4. The van der Waals surface area contributed by atoms with Crippen molar-refractivity contribution < 1.29 is 14.3 Å². The van der Waals surface area contributed by atoms with E-state index >= 15 is 0 Å². The highest BCUT2D eigenvalue weighted by molar-refractivity contribution is 5.95.